The predicted molar refractivity (Wildman–Crippen MR) is 149 cm³/mol. The fraction of sp³-hybridized carbons (Fsp3) is 0.300. The van der Waals surface area contributed by atoms with E-state index < -0.39 is 0 Å². The summed E-state index contributed by atoms with van der Waals surface area (Å²) in [6, 6.07) is 21.4. The molecule has 1 amide bonds. The van der Waals surface area contributed by atoms with Crippen molar-refractivity contribution in [2.24, 2.45) is 5.73 Å². The van der Waals surface area contributed by atoms with Crippen molar-refractivity contribution in [2.75, 3.05) is 25.5 Å². The molecule has 3 N–H and O–H groups in total. The van der Waals surface area contributed by atoms with Gasteiger partial charge in [-0.05, 0) is 67.5 Å². The second kappa shape index (κ2) is 11.0. The van der Waals surface area contributed by atoms with Gasteiger partial charge in [-0.2, -0.15) is 0 Å². The molecule has 0 saturated carbocycles. The highest BCUT2D eigenvalue weighted by molar-refractivity contribution is 5.87. The van der Waals surface area contributed by atoms with Gasteiger partial charge in [0.1, 0.15) is 11.5 Å². The van der Waals surface area contributed by atoms with E-state index in [1.165, 1.54) is 42.0 Å². The van der Waals surface area contributed by atoms with Gasteiger partial charge in [0.05, 0.1) is 5.69 Å². The third kappa shape index (κ3) is 5.27. The molecular formula is C30H34N6O. The fourth-order valence-corrected chi connectivity index (χ4v) is 5.09. The van der Waals surface area contributed by atoms with Crippen LogP contribution in [0.3, 0.4) is 0 Å². The molecular weight excluding hydrogens is 460 g/mol. The number of nitrogens with two attached hydrogens (primary N) is 1. The van der Waals surface area contributed by atoms with Crippen LogP contribution in [0.4, 0.5) is 5.82 Å². The maximum atomic E-state index is 11.0. The topological polar surface area (TPSA) is 88.5 Å². The van der Waals surface area contributed by atoms with Crippen LogP contribution in [-0.2, 0) is 17.6 Å². The van der Waals surface area contributed by atoms with Gasteiger partial charge in [0.25, 0.3) is 0 Å². The summed E-state index contributed by atoms with van der Waals surface area (Å²) in [5.74, 6) is 0.851. The Morgan fingerprint density at radius 3 is 2.51 bits per heavy atom. The van der Waals surface area contributed by atoms with Crippen molar-refractivity contribution in [3.8, 4) is 22.5 Å². The molecule has 0 unspecified atom stereocenters. The first-order valence-electron chi connectivity index (χ1n) is 13.0. The third-order valence-corrected chi connectivity index (χ3v) is 7.18. The zero-order valence-electron chi connectivity index (χ0n) is 21.4. The summed E-state index contributed by atoms with van der Waals surface area (Å²) >= 11 is 0. The Kier molecular flexibility index (Phi) is 7.32. The van der Waals surface area contributed by atoms with Crippen LogP contribution >= 0.6 is 0 Å². The molecule has 6 rings (SSSR count). The van der Waals surface area contributed by atoms with Crippen molar-refractivity contribution in [2.45, 2.75) is 38.1 Å². The molecule has 0 atom stereocenters. The summed E-state index contributed by atoms with van der Waals surface area (Å²) in [5.41, 5.74) is 13.8. The van der Waals surface area contributed by atoms with Gasteiger partial charge < -0.3 is 16.0 Å². The van der Waals surface area contributed by atoms with E-state index in [0.717, 1.165) is 54.3 Å². The summed E-state index contributed by atoms with van der Waals surface area (Å²) in [7, 11) is 1.88. The van der Waals surface area contributed by atoms with Crippen LogP contribution in [0.15, 0.2) is 73.3 Å². The van der Waals surface area contributed by atoms with E-state index in [1.807, 2.05) is 29.8 Å². The van der Waals surface area contributed by atoms with E-state index in [1.54, 1.807) is 4.90 Å². The minimum Gasteiger partial charge on any atom is -0.372 e. The van der Waals surface area contributed by atoms with Crippen molar-refractivity contribution in [1.29, 1.82) is 0 Å². The molecule has 1 saturated heterocycles. The standard InChI is InChI=1S/C22H20N4.C8H14N2O/c1-23-19-12-13-20-24-21(18-11-10-15-8-5-9-17(15)14-18)22(26(20)25-19)16-6-3-2-4-7-16;1-2-8(11)10-5-3-7(9)4-6-10/h2-4,6-7,10-14H,5,8-9H2,1H3,(H,23,25);2,7H,1,3-6,9H2. The number of nitrogens with one attached hydrogen (secondary N) is 1. The molecule has 3 heterocycles. The first-order valence-corrected chi connectivity index (χ1v) is 13.0. The maximum absolute atomic E-state index is 11.0. The Labute approximate surface area is 218 Å². The Hall–Kier alpha value is -3.97. The minimum absolute atomic E-state index is 0.0249. The number of nitrogens with zero attached hydrogens (tertiary/aromatic N) is 4. The number of hydrogen-bond donors (Lipinski definition) is 2. The number of imidazole rings is 1. The first kappa shape index (κ1) is 24.7. The molecule has 4 aromatic rings. The molecule has 0 radical (unpaired) electrons. The summed E-state index contributed by atoms with van der Waals surface area (Å²) in [6.07, 6.45) is 6.80. The first-order chi connectivity index (χ1) is 18.1. The van der Waals surface area contributed by atoms with Gasteiger partial charge in [0.15, 0.2) is 5.65 Å². The van der Waals surface area contributed by atoms with E-state index in [-0.39, 0.29) is 11.9 Å². The number of rotatable bonds is 4. The zero-order chi connectivity index (χ0) is 25.8. The van der Waals surface area contributed by atoms with E-state index >= 15 is 0 Å². The number of aryl methyl sites for hydroxylation is 2. The van der Waals surface area contributed by atoms with Crippen LogP contribution in [0.5, 0.6) is 0 Å². The van der Waals surface area contributed by atoms with E-state index in [9.17, 15) is 4.79 Å². The van der Waals surface area contributed by atoms with Crippen LogP contribution < -0.4 is 11.1 Å². The van der Waals surface area contributed by atoms with Gasteiger partial charge >= 0.3 is 0 Å². The summed E-state index contributed by atoms with van der Waals surface area (Å²) in [4.78, 5) is 17.8. The number of carbonyl (C=O) groups is 1. The molecule has 1 fully saturated rings. The number of aromatic nitrogens is 3. The number of amides is 1. The molecule has 0 bridgehead atoms. The Morgan fingerprint density at radius 1 is 1.03 bits per heavy atom. The molecule has 1 aliphatic heterocycles. The molecule has 0 spiro atoms. The minimum atomic E-state index is 0.0249. The van der Waals surface area contributed by atoms with E-state index in [0.29, 0.717) is 0 Å². The smallest absolute Gasteiger partial charge is 0.245 e. The number of piperidine rings is 1. The average molecular weight is 495 g/mol. The summed E-state index contributed by atoms with van der Waals surface area (Å²) in [5, 5.41) is 7.85. The lowest BCUT2D eigenvalue weighted by molar-refractivity contribution is -0.126. The Balaban J connectivity index is 0.000000215. The van der Waals surface area contributed by atoms with Crippen LogP contribution in [0.25, 0.3) is 28.2 Å². The second-order valence-corrected chi connectivity index (χ2v) is 9.62. The number of anilines is 1. The lowest BCUT2D eigenvalue weighted by Gasteiger charge is -2.29. The Morgan fingerprint density at radius 2 is 1.78 bits per heavy atom. The molecule has 7 nitrogen and oxygen atoms in total. The summed E-state index contributed by atoms with van der Waals surface area (Å²) in [6.45, 7) is 5.00. The van der Waals surface area contributed by atoms with Crippen LogP contribution in [-0.4, -0.2) is 51.6 Å². The number of likely N-dealkylation sites (tertiary alicyclic amines) is 1. The SMILES string of the molecule is C=CC(=O)N1CCC(N)CC1.CNc1ccc2nc(-c3ccc4c(c3)CCC4)c(-c3ccccc3)n2n1. The third-order valence-electron chi connectivity index (χ3n) is 7.18. The summed E-state index contributed by atoms with van der Waals surface area (Å²) < 4.78 is 1.95. The van der Waals surface area contributed by atoms with Gasteiger partial charge in [-0.1, -0.05) is 49.0 Å². The number of benzene rings is 2. The Bertz CT molecular complexity index is 1400. The van der Waals surface area contributed by atoms with Gasteiger partial charge in [0.2, 0.25) is 5.91 Å². The maximum Gasteiger partial charge on any atom is 0.245 e. The highest BCUT2D eigenvalue weighted by Crippen LogP contribution is 2.35. The normalized spacial score (nSPS) is 15.1. The fourth-order valence-electron chi connectivity index (χ4n) is 5.09. The van der Waals surface area contributed by atoms with Gasteiger partial charge in [-0.3, -0.25) is 4.79 Å². The van der Waals surface area contributed by atoms with Gasteiger partial charge in [-0.15, -0.1) is 5.10 Å². The number of fused-ring (bicyclic) bond motifs is 2. The van der Waals surface area contributed by atoms with Crippen molar-refractivity contribution in [1.82, 2.24) is 19.5 Å². The molecule has 190 valence electrons. The molecule has 2 aliphatic rings. The van der Waals surface area contributed by atoms with Gasteiger partial charge in [0, 0.05) is 37.3 Å². The largest absolute Gasteiger partial charge is 0.372 e. The zero-order valence-corrected chi connectivity index (χ0v) is 21.4. The molecule has 37 heavy (non-hydrogen) atoms. The lowest BCUT2D eigenvalue weighted by Crippen LogP contribution is -2.42. The molecule has 1 aliphatic carbocycles. The molecule has 2 aromatic heterocycles. The molecule has 7 heteroatoms. The highest BCUT2D eigenvalue weighted by Gasteiger charge is 2.20. The number of hydrogen-bond acceptors (Lipinski definition) is 5. The van der Waals surface area contributed by atoms with Crippen molar-refractivity contribution < 1.29 is 4.79 Å². The molecule has 2 aromatic carbocycles. The average Bonchev–Trinajstić information content (AvgIpc) is 3.57. The van der Waals surface area contributed by atoms with Crippen LogP contribution in [0, 0.1) is 0 Å². The van der Waals surface area contributed by atoms with Crippen molar-refractivity contribution in [3.05, 3.63) is 84.4 Å². The monoisotopic (exact) mass is 494 g/mol. The quantitative estimate of drug-likeness (QED) is 0.401. The highest BCUT2D eigenvalue weighted by atomic mass is 16.2. The van der Waals surface area contributed by atoms with Crippen molar-refractivity contribution in [3.63, 3.8) is 0 Å². The van der Waals surface area contributed by atoms with Crippen LogP contribution in [0.2, 0.25) is 0 Å². The second-order valence-electron chi connectivity index (χ2n) is 9.62. The van der Waals surface area contributed by atoms with E-state index in [4.69, 9.17) is 15.8 Å². The van der Waals surface area contributed by atoms with Gasteiger partial charge in [-0.25, -0.2) is 9.50 Å². The van der Waals surface area contributed by atoms with E-state index in [2.05, 4.69) is 54.4 Å². The van der Waals surface area contributed by atoms with Crippen molar-refractivity contribution >= 4 is 17.4 Å². The van der Waals surface area contributed by atoms with Crippen LogP contribution in [0.1, 0.15) is 30.4 Å². The predicted octanol–water partition coefficient (Wildman–Crippen LogP) is 4.72. The lowest BCUT2D eigenvalue weighted by atomic mass is 10.0. The number of carbonyl (C=O) groups excluding carboxylic acids is 1.